The van der Waals surface area contributed by atoms with Gasteiger partial charge >= 0.3 is 0 Å². The fraction of sp³-hybridized carbons (Fsp3) is 0.538. The zero-order chi connectivity index (χ0) is 14.5. The molecule has 0 aliphatic heterocycles. The monoisotopic (exact) mass is 278 g/mol. The summed E-state index contributed by atoms with van der Waals surface area (Å²) in [6, 6.07) is 2.66. The Morgan fingerprint density at radius 3 is 2.75 bits per heavy atom. The molecule has 2 N–H and O–H groups in total. The molecular formula is C13H18N4O3. The van der Waals surface area contributed by atoms with Crippen molar-refractivity contribution in [2.45, 2.75) is 39.2 Å². The van der Waals surface area contributed by atoms with Crippen LogP contribution >= 0.6 is 0 Å². The number of aryl methyl sites for hydroxylation is 1. The summed E-state index contributed by atoms with van der Waals surface area (Å²) >= 11 is 0. The predicted molar refractivity (Wildman–Crippen MR) is 71.7 cm³/mol. The van der Waals surface area contributed by atoms with Crippen molar-refractivity contribution < 1.29 is 9.59 Å². The number of hydrogen-bond donors (Lipinski definition) is 2. The second-order valence-electron chi connectivity index (χ2n) is 4.85. The van der Waals surface area contributed by atoms with Crippen LogP contribution in [0.3, 0.4) is 0 Å². The van der Waals surface area contributed by atoms with Gasteiger partial charge in [-0.15, -0.1) is 0 Å². The number of rotatable bonds is 5. The minimum Gasteiger partial charge on any atom is -0.273 e. The molecule has 1 heterocycles. The van der Waals surface area contributed by atoms with Crippen molar-refractivity contribution in [2.75, 3.05) is 0 Å². The molecular weight excluding hydrogens is 260 g/mol. The van der Waals surface area contributed by atoms with E-state index in [1.807, 2.05) is 6.92 Å². The molecule has 1 aliphatic rings. The van der Waals surface area contributed by atoms with Gasteiger partial charge in [0.05, 0.1) is 0 Å². The molecule has 20 heavy (non-hydrogen) atoms. The molecule has 7 heteroatoms. The van der Waals surface area contributed by atoms with E-state index in [-0.39, 0.29) is 23.1 Å². The first-order valence-corrected chi connectivity index (χ1v) is 6.80. The van der Waals surface area contributed by atoms with Crippen LogP contribution in [0.4, 0.5) is 0 Å². The first kappa shape index (κ1) is 14.2. The van der Waals surface area contributed by atoms with Gasteiger partial charge in [0.15, 0.2) is 5.69 Å². The fourth-order valence-electron chi connectivity index (χ4n) is 1.67. The van der Waals surface area contributed by atoms with E-state index in [2.05, 4.69) is 16.0 Å². The molecule has 1 saturated carbocycles. The molecule has 1 aromatic heterocycles. The SMILES string of the molecule is CCCCn1nc(C(=O)NNC(=O)C2CC2)ccc1=O. The van der Waals surface area contributed by atoms with Crippen molar-refractivity contribution in [1.82, 2.24) is 20.6 Å². The van der Waals surface area contributed by atoms with Crippen LogP contribution in [0.1, 0.15) is 43.1 Å². The smallest absolute Gasteiger partial charge is 0.273 e. The van der Waals surface area contributed by atoms with E-state index in [1.165, 1.54) is 16.8 Å². The summed E-state index contributed by atoms with van der Waals surface area (Å²) in [6.07, 6.45) is 3.47. The number of hydrazine groups is 1. The molecule has 0 bridgehead atoms. The highest BCUT2D eigenvalue weighted by atomic mass is 16.2. The van der Waals surface area contributed by atoms with Crippen LogP contribution in [0.15, 0.2) is 16.9 Å². The molecule has 2 amide bonds. The van der Waals surface area contributed by atoms with Gasteiger partial charge in [-0.05, 0) is 25.3 Å². The maximum absolute atomic E-state index is 11.8. The predicted octanol–water partition coefficient (Wildman–Crippen LogP) is 0.214. The van der Waals surface area contributed by atoms with Gasteiger partial charge in [-0.25, -0.2) is 4.68 Å². The number of nitrogens with zero attached hydrogens (tertiary/aromatic N) is 2. The Morgan fingerprint density at radius 1 is 1.35 bits per heavy atom. The number of unbranched alkanes of at least 4 members (excludes halogenated alkanes) is 1. The molecule has 0 atom stereocenters. The second kappa shape index (κ2) is 6.31. The molecule has 108 valence electrons. The normalized spacial score (nSPS) is 13.8. The van der Waals surface area contributed by atoms with Crippen LogP contribution in [-0.2, 0) is 11.3 Å². The van der Waals surface area contributed by atoms with Gasteiger partial charge in [-0.2, -0.15) is 5.10 Å². The number of carbonyl (C=O) groups is 2. The van der Waals surface area contributed by atoms with Crippen LogP contribution in [0.25, 0.3) is 0 Å². The van der Waals surface area contributed by atoms with E-state index < -0.39 is 5.91 Å². The summed E-state index contributed by atoms with van der Waals surface area (Å²) < 4.78 is 1.27. The Hall–Kier alpha value is -2.18. The van der Waals surface area contributed by atoms with Gasteiger partial charge in [0.25, 0.3) is 11.5 Å². The quantitative estimate of drug-likeness (QED) is 0.753. The van der Waals surface area contributed by atoms with Crippen LogP contribution in [-0.4, -0.2) is 21.6 Å². The van der Waals surface area contributed by atoms with Crippen molar-refractivity contribution in [3.05, 3.63) is 28.2 Å². The highest BCUT2D eigenvalue weighted by molar-refractivity contribution is 5.93. The van der Waals surface area contributed by atoms with Crippen LogP contribution in [0.2, 0.25) is 0 Å². The molecule has 2 rings (SSSR count). The van der Waals surface area contributed by atoms with Crippen molar-refractivity contribution >= 4 is 11.8 Å². The molecule has 0 spiro atoms. The summed E-state index contributed by atoms with van der Waals surface area (Å²) in [5, 5.41) is 3.99. The Balaban J connectivity index is 1.97. The van der Waals surface area contributed by atoms with Crippen LogP contribution in [0, 0.1) is 5.92 Å². The van der Waals surface area contributed by atoms with Gasteiger partial charge < -0.3 is 0 Å². The van der Waals surface area contributed by atoms with E-state index in [4.69, 9.17) is 0 Å². The summed E-state index contributed by atoms with van der Waals surface area (Å²) in [6.45, 7) is 2.49. The van der Waals surface area contributed by atoms with Gasteiger partial charge in [0.2, 0.25) is 5.91 Å². The molecule has 0 unspecified atom stereocenters. The Bertz CT molecular complexity index is 563. The zero-order valence-corrected chi connectivity index (χ0v) is 11.4. The number of aromatic nitrogens is 2. The topological polar surface area (TPSA) is 93.1 Å². The van der Waals surface area contributed by atoms with Gasteiger partial charge in [0, 0.05) is 18.5 Å². The molecule has 1 fully saturated rings. The maximum atomic E-state index is 11.8. The van der Waals surface area contributed by atoms with Crippen molar-refractivity contribution in [1.29, 1.82) is 0 Å². The van der Waals surface area contributed by atoms with Crippen LogP contribution in [0.5, 0.6) is 0 Å². The molecule has 0 saturated heterocycles. The summed E-state index contributed by atoms with van der Waals surface area (Å²) in [5.41, 5.74) is 4.53. The molecule has 0 aromatic carbocycles. The molecule has 1 aromatic rings. The third-order valence-electron chi connectivity index (χ3n) is 3.07. The second-order valence-corrected chi connectivity index (χ2v) is 4.85. The van der Waals surface area contributed by atoms with Gasteiger partial charge in [0.1, 0.15) is 0 Å². The lowest BCUT2D eigenvalue weighted by Crippen LogP contribution is -2.43. The third kappa shape index (κ3) is 3.66. The number of nitrogens with one attached hydrogen (secondary N) is 2. The Kier molecular flexibility index (Phi) is 4.49. The highest BCUT2D eigenvalue weighted by Crippen LogP contribution is 2.28. The first-order chi connectivity index (χ1) is 9.61. The summed E-state index contributed by atoms with van der Waals surface area (Å²) in [4.78, 5) is 34.8. The lowest BCUT2D eigenvalue weighted by molar-refractivity contribution is -0.123. The van der Waals surface area contributed by atoms with Crippen LogP contribution < -0.4 is 16.4 Å². The van der Waals surface area contributed by atoms with Crippen molar-refractivity contribution in [2.24, 2.45) is 5.92 Å². The largest absolute Gasteiger partial charge is 0.290 e. The minimum atomic E-state index is -0.524. The van der Waals surface area contributed by atoms with E-state index in [0.29, 0.717) is 6.54 Å². The maximum Gasteiger partial charge on any atom is 0.290 e. The highest BCUT2D eigenvalue weighted by Gasteiger charge is 2.29. The fourth-order valence-corrected chi connectivity index (χ4v) is 1.67. The number of carbonyl (C=O) groups excluding carboxylic acids is 2. The summed E-state index contributed by atoms with van der Waals surface area (Å²) in [7, 11) is 0. The zero-order valence-electron chi connectivity index (χ0n) is 11.4. The van der Waals surface area contributed by atoms with Gasteiger partial charge in [-0.3, -0.25) is 25.2 Å². The third-order valence-corrected chi connectivity index (χ3v) is 3.07. The van der Waals surface area contributed by atoms with Gasteiger partial charge in [-0.1, -0.05) is 13.3 Å². The molecule has 7 nitrogen and oxygen atoms in total. The molecule has 1 aliphatic carbocycles. The minimum absolute atomic E-state index is 0.0155. The lowest BCUT2D eigenvalue weighted by Gasteiger charge is -2.08. The van der Waals surface area contributed by atoms with Crippen molar-refractivity contribution in [3.63, 3.8) is 0 Å². The molecule has 0 radical (unpaired) electrons. The van der Waals surface area contributed by atoms with E-state index >= 15 is 0 Å². The number of amides is 2. The van der Waals surface area contributed by atoms with E-state index in [1.54, 1.807) is 0 Å². The average Bonchev–Trinajstić information content (AvgIpc) is 3.28. The number of hydrogen-bond acceptors (Lipinski definition) is 4. The Labute approximate surface area is 116 Å². The van der Waals surface area contributed by atoms with E-state index in [0.717, 1.165) is 25.7 Å². The standard InChI is InChI=1S/C13H18N4O3/c1-2-3-8-17-11(18)7-6-10(16-17)13(20)15-14-12(19)9-4-5-9/h6-7,9H,2-5,8H2,1H3,(H,14,19)(H,15,20). The summed E-state index contributed by atoms with van der Waals surface area (Å²) in [5.74, 6) is -0.691. The van der Waals surface area contributed by atoms with E-state index in [9.17, 15) is 14.4 Å². The first-order valence-electron chi connectivity index (χ1n) is 6.80. The Morgan fingerprint density at radius 2 is 2.10 bits per heavy atom. The van der Waals surface area contributed by atoms with Crippen molar-refractivity contribution in [3.8, 4) is 0 Å². The average molecular weight is 278 g/mol. The lowest BCUT2D eigenvalue weighted by atomic mass is 10.3.